The molecule has 1 heterocycles. The molecule has 0 fully saturated rings. The summed E-state index contributed by atoms with van der Waals surface area (Å²) in [5, 5.41) is 13.9. The van der Waals surface area contributed by atoms with Gasteiger partial charge < -0.3 is 14.7 Å². The van der Waals surface area contributed by atoms with Crippen LogP contribution in [0.5, 0.6) is 0 Å². The first-order chi connectivity index (χ1) is 6.06. The Hall–Kier alpha value is -1.28. The molecule has 0 bridgehead atoms. The number of hydrogen-bond donors (Lipinski definition) is 1. The molecule has 0 aliphatic heterocycles. The lowest BCUT2D eigenvalue weighted by molar-refractivity contribution is -0.392. The maximum atomic E-state index is 10.6. The number of rotatable bonds is 3. The molecule has 1 rings (SSSR count). The van der Waals surface area contributed by atoms with Crippen molar-refractivity contribution in [3.05, 3.63) is 16.3 Å². The van der Waals surface area contributed by atoms with Crippen LogP contribution in [-0.2, 0) is 17.6 Å². The molecule has 0 saturated heterocycles. The van der Waals surface area contributed by atoms with E-state index in [2.05, 4.69) is 5.10 Å². The molecule has 0 saturated carbocycles. The van der Waals surface area contributed by atoms with Crippen molar-refractivity contribution in [1.29, 1.82) is 0 Å². The Labute approximate surface area is 75.8 Å². The molecule has 1 unspecified atom stereocenters. The normalized spacial score (nSPS) is 12.8. The Morgan fingerprint density at radius 1 is 1.85 bits per heavy atom. The Bertz CT molecular complexity index is 329. The third-order valence-corrected chi connectivity index (χ3v) is 2.06. The Balaban J connectivity index is 3.23. The molecule has 0 aromatic carbocycles. The van der Waals surface area contributed by atoms with Crippen LogP contribution in [0.25, 0.3) is 0 Å². The summed E-state index contributed by atoms with van der Waals surface area (Å²) in [6, 6.07) is 0. The third kappa shape index (κ3) is 1.90. The first-order valence-corrected chi connectivity index (χ1v) is 4.49. The van der Waals surface area contributed by atoms with E-state index in [0.29, 0.717) is 6.54 Å². The predicted molar refractivity (Wildman–Crippen MR) is 43.6 cm³/mol. The summed E-state index contributed by atoms with van der Waals surface area (Å²) in [5.41, 5.74) is 0. The predicted octanol–water partition coefficient (Wildman–Crippen LogP) is 0.392. The number of nitro groups is 1. The molecule has 8 heteroatoms. The lowest BCUT2D eigenvalue weighted by Crippen LogP contribution is -1.96. The summed E-state index contributed by atoms with van der Waals surface area (Å²) in [6.45, 7) is 2.14. The third-order valence-electron chi connectivity index (χ3n) is 1.39. The molecule has 13 heavy (non-hydrogen) atoms. The quantitative estimate of drug-likeness (QED) is 0.437. The van der Waals surface area contributed by atoms with Crippen molar-refractivity contribution in [3.8, 4) is 0 Å². The molecule has 1 N–H and O–H groups in total. The van der Waals surface area contributed by atoms with Crippen molar-refractivity contribution in [1.82, 2.24) is 9.78 Å². The highest BCUT2D eigenvalue weighted by Gasteiger charge is 2.24. The van der Waals surface area contributed by atoms with Gasteiger partial charge in [-0.1, -0.05) is 0 Å². The minimum atomic E-state index is -2.37. The topological polar surface area (TPSA) is 98.3 Å². The van der Waals surface area contributed by atoms with Gasteiger partial charge in [-0.15, -0.1) is 0 Å². The number of aryl methyl sites for hydroxylation is 1. The number of nitrogens with zero attached hydrogens (tertiary/aromatic N) is 3. The van der Waals surface area contributed by atoms with Gasteiger partial charge in [-0.05, 0) is 11.8 Å². The molecule has 0 amide bonds. The molecular weight excluding hydrogens is 198 g/mol. The Morgan fingerprint density at radius 2 is 2.46 bits per heavy atom. The van der Waals surface area contributed by atoms with Crippen molar-refractivity contribution < 1.29 is 13.7 Å². The fourth-order valence-corrected chi connectivity index (χ4v) is 1.29. The number of aromatic nitrogens is 2. The van der Waals surface area contributed by atoms with Gasteiger partial charge in [0.1, 0.15) is 0 Å². The van der Waals surface area contributed by atoms with Gasteiger partial charge in [0.15, 0.2) is 16.0 Å². The summed E-state index contributed by atoms with van der Waals surface area (Å²) < 4.78 is 20.5. The van der Waals surface area contributed by atoms with E-state index in [9.17, 15) is 14.3 Å². The van der Waals surface area contributed by atoms with E-state index in [0.717, 1.165) is 0 Å². The fraction of sp³-hybridized carbons (Fsp3) is 0.400. The molecule has 1 aromatic rings. The highest BCUT2D eigenvalue weighted by Crippen LogP contribution is 2.18. The van der Waals surface area contributed by atoms with Crippen LogP contribution in [0.3, 0.4) is 0 Å². The summed E-state index contributed by atoms with van der Waals surface area (Å²) in [5.74, 6) is -0.567. The first-order valence-electron chi connectivity index (χ1n) is 3.39. The zero-order chi connectivity index (χ0) is 10.0. The SMILES string of the molecule is CCn1cc(S(=O)O)c([N+](=O)[O-])n1. The van der Waals surface area contributed by atoms with E-state index in [-0.39, 0.29) is 4.90 Å². The maximum Gasteiger partial charge on any atom is 0.408 e. The van der Waals surface area contributed by atoms with Crippen LogP contribution in [0, 0.1) is 10.1 Å². The van der Waals surface area contributed by atoms with Crippen molar-refractivity contribution >= 4 is 16.9 Å². The average Bonchev–Trinajstić information content (AvgIpc) is 2.47. The van der Waals surface area contributed by atoms with Crippen molar-refractivity contribution in [2.24, 2.45) is 0 Å². The van der Waals surface area contributed by atoms with Gasteiger partial charge in [-0.2, -0.15) is 4.68 Å². The van der Waals surface area contributed by atoms with E-state index in [1.54, 1.807) is 6.92 Å². The average molecular weight is 205 g/mol. The van der Waals surface area contributed by atoms with E-state index in [1.807, 2.05) is 0 Å². The molecule has 1 aromatic heterocycles. The van der Waals surface area contributed by atoms with Gasteiger partial charge in [0.05, 0.1) is 17.8 Å². The van der Waals surface area contributed by atoms with Gasteiger partial charge in [-0.3, -0.25) is 0 Å². The standard InChI is InChI=1S/C5H7N3O4S/c1-2-7-3-4(13(11)12)5(6-7)8(9)10/h3H,2H2,1H3,(H,11,12). The van der Waals surface area contributed by atoms with Gasteiger partial charge >= 0.3 is 5.82 Å². The minimum absolute atomic E-state index is 0.271. The zero-order valence-electron chi connectivity index (χ0n) is 6.71. The highest BCUT2D eigenvalue weighted by molar-refractivity contribution is 7.79. The van der Waals surface area contributed by atoms with Crippen LogP contribution in [0.4, 0.5) is 5.82 Å². The minimum Gasteiger partial charge on any atom is -0.358 e. The van der Waals surface area contributed by atoms with E-state index in [1.165, 1.54) is 10.9 Å². The van der Waals surface area contributed by atoms with Gasteiger partial charge in [0.2, 0.25) is 0 Å². The van der Waals surface area contributed by atoms with Crippen LogP contribution in [0.15, 0.2) is 11.1 Å². The largest absolute Gasteiger partial charge is 0.408 e. The Kier molecular flexibility index (Phi) is 2.73. The second-order valence-corrected chi connectivity index (χ2v) is 3.12. The van der Waals surface area contributed by atoms with Crippen LogP contribution < -0.4 is 0 Å². The van der Waals surface area contributed by atoms with E-state index in [4.69, 9.17) is 4.55 Å². The molecule has 0 radical (unpaired) electrons. The summed E-state index contributed by atoms with van der Waals surface area (Å²) in [7, 11) is 0. The van der Waals surface area contributed by atoms with Crippen molar-refractivity contribution in [3.63, 3.8) is 0 Å². The smallest absolute Gasteiger partial charge is 0.358 e. The van der Waals surface area contributed by atoms with Crippen LogP contribution in [0.2, 0.25) is 0 Å². The second-order valence-electron chi connectivity index (χ2n) is 2.18. The first kappa shape index (κ1) is 9.81. The van der Waals surface area contributed by atoms with Gasteiger partial charge in [0, 0.05) is 0 Å². The van der Waals surface area contributed by atoms with Crippen molar-refractivity contribution in [2.75, 3.05) is 0 Å². The lowest BCUT2D eigenvalue weighted by atomic mass is 10.6. The lowest BCUT2D eigenvalue weighted by Gasteiger charge is -1.88. The molecule has 0 aliphatic carbocycles. The van der Waals surface area contributed by atoms with Crippen LogP contribution in [-0.4, -0.2) is 23.5 Å². The number of hydrogen-bond acceptors (Lipinski definition) is 4. The van der Waals surface area contributed by atoms with E-state index >= 15 is 0 Å². The van der Waals surface area contributed by atoms with Crippen molar-refractivity contribution in [2.45, 2.75) is 18.4 Å². The summed E-state index contributed by atoms with van der Waals surface area (Å²) in [6.07, 6.45) is 1.19. The highest BCUT2D eigenvalue weighted by atomic mass is 32.2. The summed E-state index contributed by atoms with van der Waals surface area (Å²) >= 11 is -2.37. The van der Waals surface area contributed by atoms with E-state index < -0.39 is 21.8 Å². The second kappa shape index (κ2) is 3.62. The Morgan fingerprint density at radius 3 is 2.77 bits per heavy atom. The monoisotopic (exact) mass is 205 g/mol. The fourth-order valence-electron chi connectivity index (χ4n) is 0.805. The van der Waals surface area contributed by atoms with Gasteiger partial charge in [-0.25, -0.2) is 4.21 Å². The molecule has 0 spiro atoms. The maximum absolute atomic E-state index is 10.6. The van der Waals surface area contributed by atoms with Gasteiger partial charge in [0.25, 0.3) is 0 Å². The molecule has 1 atom stereocenters. The molecule has 72 valence electrons. The molecule has 0 aliphatic rings. The molecule has 7 nitrogen and oxygen atoms in total. The zero-order valence-corrected chi connectivity index (χ0v) is 7.52. The van der Waals surface area contributed by atoms with Crippen LogP contribution in [0.1, 0.15) is 6.92 Å². The van der Waals surface area contributed by atoms with Crippen LogP contribution >= 0.6 is 0 Å². The molecular formula is C5H7N3O4S. The summed E-state index contributed by atoms with van der Waals surface area (Å²) in [4.78, 5) is 9.29.